The minimum atomic E-state index is -1.11. The zero-order valence-corrected chi connectivity index (χ0v) is 18.6. The van der Waals surface area contributed by atoms with Crippen LogP contribution in [0.1, 0.15) is 37.3 Å². The van der Waals surface area contributed by atoms with E-state index >= 15 is 0 Å². The number of hydrogen-bond donors (Lipinski definition) is 2. The van der Waals surface area contributed by atoms with Crippen molar-refractivity contribution in [3.63, 3.8) is 0 Å². The topological polar surface area (TPSA) is 82.5 Å². The van der Waals surface area contributed by atoms with Gasteiger partial charge in [0.15, 0.2) is 0 Å². The van der Waals surface area contributed by atoms with Crippen LogP contribution in [-0.4, -0.2) is 90.7 Å². The first-order valence-corrected chi connectivity index (χ1v) is 10.9. The quantitative estimate of drug-likeness (QED) is 0.770. The normalized spacial score (nSPS) is 26.0. The Balaban J connectivity index is 2.06. The van der Waals surface area contributed by atoms with Crippen molar-refractivity contribution in [2.24, 2.45) is 0 Å². The number of ether oxygens (including phenoxy) is 2. The predicted molar refractivity (Wildman–Crippen MR) is 116 cm³/mol. The van der Waals surface area contributed by atoms with Gasteiger partial charge in [-0.05, 0) is 38.3 Å². The van der Waals surface area contributed by atoms with Crippen LogP contribution >= 0.6 is 0 Å². The molecule has 30 heavy (non-hydrogen) atoms. The summed E-state index contributed by atoms with van der Waals surface area (Å²) in [6.07, 6.45) is -0.119. The molecule has 1 aromatic carbocycles. The lowest BCUT2D eigenvalue weighted by Crippen LogP contribution is -2.48. The smallest absolute Gasteiger partial charge is 0.219 e. The number of aliphatic hydroxyl groups excluding tert-OH is 2. The maximum absolute atomic E-state index is 12.1. The lowest BCUT2D eigenvalue weighted by Gasteiger charge is -2.31. The van der Waals surface area contributed by atoms with Crippen molar-refractivity contribution >= 4 is 5.91 Å². The third kappa shape index (κ3) is 8.32. The minimum Gasteiger partial charge on any atom is -0.388 e. The van der Waals surface area contributed by atoms with Gasteiger partial charge in [-0.3, -0.25) is 9.69 Å². The van der Waals surface area contributed by atoms with Crippen LogP contribution in [0.2, 0.25) is 0 Å². The molecule has 1 amide bonds. The third-order valence-corrected chi connectivity index (χ3v) is 5.62. The first-order valence-electron chi connectivity index (χ1n) is 10.9. The summed E-state index contributed by atoms with van der Waals surface area (Å²) < 4.78 is 10.9. The molecule has 2 N–H and O–H groups in total. The van der Waals surface area contributed by atoms with Crippen LogP contribution in [0.25, 0.3) is 0 Å². The van der Waals surface area contributed by atoms with Crippen LogP contribution in [0.15, 0.2) is 24.3 Å². The van der Waals surface area contributed by atoms with Gasteiger partial charge in [0.1, 0.15) is 18.3 Å². The van der Waals surface area contributed by atoms with Gasteiger partial charge in [-0.15, -0.1) is 0 Å². The average Bonchev–Trinajstić information content (AvgIpc) is 2.71. The molecular formula is C23H38N2O5. The number of rotatable bonds is 3. The van der Waals surface area contributed by atoms with E-state index < -0.39 is 18.3 Å². The molecule has 1 aliphatic heterocycles. The summed E-state index contributed by atoms with van der Waals surface area (Å²) in [5.41, 5.74) is 2.54. The number of benzene rings is 1. The molecule has 0 aromatic heterocycles. The SMILES string of the molecule is CO[C@H]1CN(C(C)=O)CCCN(Cc2cccc(C)c2)CCCCOC[C@H](O)[C@@H]1O. The number of nitrogens with zero attached hydrogens (tertiary/aromatic N) is 2. The molecule has 3 atom stereocenters. The maximum atomic E-state index is 12.1. The minimum absolute atomic E-state index is 0.0497. The number of carbonyl (C=O) groups is 1. The summed E-state index contributed by atoms with van der Waals surface area (Å²) in [5.74, 6) is -0.0652. The predicted octanol–water partition coefficient (Wildman–Crippen LogP) is 1.58. The molecule has 1 aromatic rings. The van der Waals surface area contributed by atoms with Crippen molar-refractivity contribution in [1.82, 2.24) is 9.80 Å². The van der Waals surface area contributed by atoms with Crippen LogP contribution < -0.4 is 0 Å². The van der Waals surface area contributed by atoms with E-state index in [1.54, 1.807) is 4.90 Å². The summed E-state index contributed by atoms with van der Waals surface area (Å²) in [6.45, 7) is 7.74. The van der Waals surface area contributed by atoms with E-state index in [2.05, 4.69) is 36.1 Å². The Morgan fingerprint density at radius 2 is 1.97 bits per heavy atom. The molecule has 0 radical (unpaired) electrons. The van der Waals surface area contributed by atoms with E-state index in [9.17, 15) is 15.0 Å². The van der Waals surface area contributed by atoms with Crippen molar-refractivity contribution in [2.75, 3.05) is 46.5 Å². The molecule has 2 rings (SSSR count). The van der Waals surface area contributed by atoms with Crippen LogP contribution in [0.4, 0.5) is 0 Å². The number of aryl methyl sites for hydroxylation is 1. The van der Waals surface area contributed by atoms with Gasteiger partial charge in [0.25, 0.3) is 0 Å². The summed E-state index contributed by atoms with van der Waals surface area (Å²) in [4.78, 5) is 16.3. The Bertz CT molecular complexity index is 642. The van der Waals surface area contributed by atoms with Crippen molar-refractivity contribution in [3.05, 3.63) is 35.4 Å². The van der Waals surface area contributed by atoms with Crippen LogP contribution in [0.3, 0.4) is 0 Å². The van der Waals surface area contributed by atoms with Gasteiger partial charge in [0.05, 0.1) is 6.61 Å². The number of carbonyl (C=O) groups excluding carboxylic acids is 1. The van der Waals surface area contributed by atoms with E-state index in [0.29, 0.717) is 13.2 Å². The van der Waals surface area contributed by atoms with E-state index in [-0.39, 0.29) is 19.1 Å². The standard InChI is InChI=1S/C23H38N2O5/c1-18-8-6-9-20(14-18)15-24-10-4-5-13-30-17-21(27)23(28)22(29-3)16-25(19(2)26)12-7-11-24/h6,8-9,14,21-23,27-28H,4-5,7,10-13,15-17H2,1-3H3/t21-,22-,23-/m0/s1. The molecule has 1 fully saturated rings. The Hall–Kier alpha value is -1.51. The Labute approximate surface area is 180 Å². The highest BCUT2D eigenvalue weighted by Crippen LogP contribution is 2.12. The molecule has 1 aliphatic rings. The molecule has 0 aliphatic carbocycles. The van der Waals surface area contributed by atoms with Gasteiger partial charge in [0.2, 0.25) is 5.91 Å². The van der Waals surface area contributed by atoms with Crippen molar-refractivity contribution < 1.29 is 24.5 Å². The summed E-state index contributed by atoms with van der Waals surface area (Å²) in [5, 5.41) is 20.7. The fraction of sp³-hybridized carbons (Fsp3) is 0.696. The highest BCUT2D eigenvalue weighted by molar-refractivity contribution is 5.73. The van der Waals surface area contributed by atoms with Gasteiger partial charge in [0, 0.05) is 46.8 Å². The number of aliphatic hydroxyl groups is 2. The van der Waals surface area contributed by atoms with Crippen LogP contribution in [0, 0.1) is 6.92 Å². The zero-order chi connectivity index (χ0) is 21.9. The van der Waals surface area contributed by atoms with Crippen LogP contribution in [0.5, 0.6) is 0 Å². The van der Waals surface area contributed by atoms with Gasteiger partial charge >= 0.3 is 0 Å². The third-order valence-electron chi connectivity index (χ3n) is 5.62. The molecule has 0 unspecified atom stereocenters. The van der Waals surface area contributed by atoms with Crippen molar-refractivity contribution in [2.45, 2.75) is 58.0 Å². The number of hydrogen-bond acceptors (Lipinski definition) is 6. The molecule has 1 heterocycles. The largest absolute Gasteiger partial charge is 0.388 e. The first-order chi connectivity index (χ1) is 14.4. The molecule has 7 heteroatoms. The molecule has 1 saturated heterocycles. The second kappa shape index (κ2) is 13.0. The zero-order valence-electron chi connectivity index (χ0n) is 18.6. The fourth-order valence-corrected chi connectivity index (χ4v) is 3.83. The maximum Gasteiger partial charge on any atom is 0.219 e. The molecule has 0 saturated carbocycles. The van der Waals surface area contributed by atoms with Crippen molar-refractivity contribution in [1.29, 1.82) is 0 Å². The molecular weight excluding hydrogens is 384 g/mol. The lowest BCUT2D eigenvalue weighted by molar-refractivity contribution is -0.136. The van der Waals surface area contributed by atoms with E-state index in [1.165, 1.54) is 25.2 Å². The Kier molecular flexibility index (Phi) is 10.7. The molecule has 7 nitrogen and oxygen atoms in total. The highest BCUT2D eigenvalue weighted by Gasteiger charge is 2.29. The van der Waals surface area contributed by atoms with Gasteiger partial charge in [-0.2, -0.15) is 0 Å². The summed E-state index contributed by atoms with van der Waals surface area (Å²) in [7, 11) is 1.48. The number of amides is 1. The molecule has 170 valence electrons. The first kappa shape index (κ1) is 24.8. The summed E-state index contributed by atoms with van der Waals surface area (Å²) in [6, 6.07) is 8.56. The fourth-order valence-electron chi connectivity index (χ4n) is 3.83. The Morgan fingerprint density at radius 3 is 2.67 bits per heavy atom. The molecule has 0 bridgehead atoms. The van der Waals surface area contributed by atoms with E-state index in [4.69, 9.17) is 9.47 Å². The Morgan fingerprint density at radius 1 is 1.20 bits per heavy atom. The highest BCUT2D eigenvalue weighted by atomic mass is 16.5. The number of methoxy groups -OCH3 is 1. The lowest BCUT2D eigenvalue weighted by atomic mass is 10.1. The van der Waals surface area contributed by atoms with E-state index in [1.807, 2.05) is 0 Å². The van der Waals surface area contributed by atoms with Gasteiger partial charge in [-0.25, -0.2) is 0 Å². The summed E-state index contributed by atoms with van der Waals surface area (Å²) >= 11 is 0. The van der Waals surface area contributed by atoms with Gasteiger partial charge < -0.3 is 24.6 Å². The molecule has 0 spiro atoms. The second-order valence-corrected chi connectivity index (χ2v) is 8.20. The monoisotopic (exact) mass is 422 g/mol. The van der Waals surface area contributed by atoms with Crippen molar-refractivity contribution in [3.8, 4) is 0 Å². The van der Waals surface area contributed by atoms with Gasteiger partial charge in [-0.1, -0.05) is 29.8 Å². The average molecular weight is 423 g/mol. The van der Waals surface area contributed by atoms with E-state index in [0.717, 1.165) is 38.9 Å². The van der Waals surface area contributed by atoms with Crippen LogP contribution in [-0.2, 0) is 20.8 Å². The second-order valence-electron chi connectivity index (χ2n) is 8.20.